The van der Waals surface area contributed by atoms with Crippen molar-refractivity contribution >= 4 is 5.82 Å². The van der Waals surface area contributed by atoms with Crippen LogP contribution in [0.1, 0.15) is 12.7 Å². The van der Waals surface area contributed by atoms with Crippen LogP contribution in [0.15, 0.2) is 6.20 Å². The van der Waals surface area contributed by atoms with Crippen LogP contribution in [0, 0.1) is 17.0 Å². The van der Waals surface area contributed by atoms with Gasteiger partial charge in [-0.05, 0) is 11.8 Å². The summed E-state index contributed by atoms with van der Waals surface area (Å²) in [6.07, 6.45) is 0.484. The Balaban J connectivity index is 2.41. The van der Waals surface area contributed by atoms with Gasteiger partial charge in [-0.1, -0.05) is 0 Å². The van der Waals surface area contributed by atoms with Crippen LogP contribution in [-0.4, -0.2) is 52.0 Å². The number of aliphatic hydroxyl groups is 1. The molecule has 0 radical (unpaired) electrons. The molecule has 1 unspecified atom stereocenters. The van der Waals surface area contributed by atoms with Crippen LogP contribution in [0.4, 0.5) is 5.82 Å². The Bertz CT molecular complexity index is 407. The largest absolute Gasteiger partial charge is 0.388 e. The van der Waals surface area contributed by atoms with Crippen molar-refractivity contribution in [1.29, 1.82) is 0 Å². The number of nitrogens with zero attached hydrogens (tertiary/aromatic N) is 3. The maximum Gasteiger partial charge on any atom is 0.342 e. The summed E-state index contributed by atoms with van der Waals surface area (Å²) in [5, 5.41) is 23.6. The highest BCUT2D eigenvalue weighted by molar-refractivity contribution is 5.18. The van der Waals surface area contributed by atoms with Crippen molar-refractivity contribution in [3.63, 3.8) is 0 Å². The Morgan fingerprint density at radius 2 is 2.42 bits per heavy atom. The maximum atomic E-state index is 10.8. The van der Waals surface area contributed by atoms with Gasteiger partial charge in [-0.2, -0.15) is 0 Å². The number of hydrogen-bond acceptors (Lipinski definition) is 6. The van der Waals surface area contributed by atoms with Crippen LogP contribution in [0.25, 0.3) is 0 Å². The molecule has 0 fully saturated rings. The van der Waals surface area contributed by atoms with E-state index in [2.05, 4.69) is 10.3 Å². The van der Waals surface area contributed by atoms with Crippen molar-refractivity contribution < 1.29 is 14.8 Å². The number of aliphatic hydroxyl groups excluding tert-OH is 1. The predicted molar refractivity (Wildman–Crippen MR) is 69.0 cm³/mol. The zero-order valence-electron chi connectivity index (χ0n) is 11.2. The minimum atomic E-state index is -0.715. The first kappa shape index (κ1) is 15.5. The Hall–Kier alpha value is -1.51. The maximum absolute atomic E-state index is 10.8. The highest BCUT2D eigenvalue weighted by atomic mass is 16.6. The number of nitro groups is 1. The van der Waals surface area contributed by atoms with E-state index in [0.29, 0.717) is 32.1 Å². The highest BCUT2D eigenvalue weighted by Gasteiger charge is 2.20. The zero-order valence-corrected chi connectivity index (χ0v) is 11.2. The minimum absolute atomic E-state index is 0.106. The van der Waals surface area contributed by atoms with Gasteiger partial charge in [-0.15, -0.1) is 0 Å². The monoisotopic (exact) mass is 272 g/mol. The predicted octanol–water partition coefficient (Wildman–Crippen LogP) is 0.0867. The summed E-state index contributed by atoms with van der Waals surface area (Å²) in [6, 6.07) is 0. The van der Waals surface area contributed by atoms with Crippen LogP contribution < -0.4 is 5.32 Å². The first-order valence-corrected chi connectivity index (χ1v) is 6.19. The Labute approximate surface area is 111 Å². The molecule has 19 heavy (non-hydrogen) atoms. The van der Waals surface area contributed by atoms with E-state index in [1.807, 2.05) is 6.92 Å². The van der Waals surface area contributed by atoms with Gasteiger partial charge in [0.2, 0.25) is 0 Å². The molecular weight excluding hydrogens is 252 g/mol. The molecule has 0 spiro atoms. The molecule has 0 aromatic carbocycles. The molecule has 1 heterocycles. The number of aromatic nitrogens is 2. The Kier molecular flexibility index (Phi) is 6.40. The van der Waals surface area contributed by atoms with E-state index < -0.39 is 11.0 Å². The quantitative estimate of drug-likeness (QED) is 0.375. The molecule has 0 aliphatic heterocycles. The average Bonchev–Trinajstić information content (AvgIpc) is 2.71. The number of imidazole rings is 1. The summed E-state index contributed by atoms with van der Waals surface area (Å²) in [4.78, 5) is 14.2. The third-order valence-electron chi connectivity index (χ3n) is 2.62. The summed E-state index contributed by atoms with van der Waals surface area (Å²) in [7, 11) is 0. The Morgan fingerprint density at radius 1 is 1.68 bits per heavy atom. The van der Waals surface area contributed by atoms with Crippen LogP contribution >= 0.6 is 0 Å². The fourth-order valence-electron chi connectivity index (χ4n) is 1.66. The topological polar surface area (TPSA) is 102 Å². The van der Waals surface area contributed by atoms with Gasteiger partial charge in [0, 0.05) is 26.6 Å². The van der Waals surface area contributed by atoms with Crippen LogP contribution in [-0.2, 0) is 11.3 Å². The van der Waals surface area contributed by atoms with Gasteiger partial charge in [0.05, 0.1) is 6.61 Å². The molecular formula is C11H20N4O4. The molecule has 0 aliphatic carbocycles. The van der Waals surface area contributed by atoms with E-state index in [0.717, 1.165) is 0 Å². The SMILES string of the molecule is CCOCCNCC(O)Cn1c([N+](=O)[O-])cnc1C. The molecule has 1 aromatic heterocycles. The lowest BCUT2D eigenvalue weighted by Crippen LogP contribution is -2.32. The fourth-order valence-corrected chi connectivity index (χ4v) is 1.66. The number of hydrogen-bond donors (Lipinski definition) is 2. The van der Waals surface area contributed by atoms with Gasteiger partial charge in [-0.25, -0.2) is 9.55 Å². The fraction of sp³-hybridized carbons (Fsp3) is 0.727. The molecule has 1 aromatic rings. The van der Waals surface area contributed by atoms with Crippen LogP contribution in [0.5, 0.6) is 0 Å². The first-order chi connectivity index (χ1) is 9.06. The summed E-state index contributed by atoms with van der Waals surface area (Å²) in [5.74, 6) is 0.408. The lowest BCUT2D eigenvalue weighted by molar-refractivity contribution is -0.392. The standard InChI is InChI=1S/C11H20N4O4/c1-3-19-5-4-12-6-10(16)8-14-9(2)13-7-11(14)15(17)18/h7,10,12,16H,3-6,8H2,1-2H3. The number of ether oxygens (including phenoxy) is 1. The minimum Gasteiger partial charge on any atom is -0.388 e. The van der Waals surface area contributed by atoms with Crippen molar-refractivity contribution in [2.75, 3.05) is 26.3 Å². The van der Waals surface area contributed by atoms with E-state index in [9.17, 15) is 15.2 Å². The lowest BCUT2D eigenvalue weighted by Gasteiger charge is -2.11. The summed E-state index contributed by atoms with van der Waals surface area (Å²) < 4.78 is 6.54. The highest BCUT2D eigenvalue weighted by Crippen LogP contribution is 2.13. The molecule has 2 N–H and O–H groups in total. The van der Waals surface area contributed by atoms with Gasteiger partial charge < -0.3 is 25.3 Å². The van der Waals surface area contributed by atoms with Crippen LogP contribution in [0.3, 0.4) is 0 Å². The molecule has 0 saturated heterocycles. The molecule has 1 rings (SSSR count). The number of nitrogens with one attached hydrogen (secondary N) is 1. The molecule has 0 amide bonds. The van der Waals surface area contributed by atoms with E-state index in [-0.39, 0.29) is 12.4 Å². The second-order valence-corrected chi connectivity index (χ2v) is 4.09. The second kappa shape index (κ2) is 7.82. The van der Waals surface area contributed by atoms with E-state index in [1.54, 1.807) is 6.92 Å². The van der Waals surface area contributed by atoms with Gasteiger partial charge >= 0.3 is 5.82 Å². The number of aryl methyl sites for hydroxylation is 1. The molecule has 0 aliphatic rings. The van der Waals surface area contributed by atoms with Crippen molar-refractivity contribution in [3.05, 3.63) is 22.1 Å². The second-order valence-electron chi connectivity index (χ2n) is 4.09. The van der Waals surface area contributed by atoms with E-state index in [4.69, 9.17) is 4.74 Å². The normalized spacial score (nSPS) is 12.6. The van der Waals surface area contributed by atoms with E-state index in [1.165, 1.54) is 10.8 Å². The van der Waals surface area contributed by atoms with Crippen LogP contribution in [0.2, 0.25) is 0 Å². The summed E-state index contributed by atoms with van der Waals surface area (Å²) in [5.41, 5.74) is 0. The first-order valence-electron chi connectivity index (χ1n) is 6.19. The third kappa shape index (κ3) is 4.93. The number of rotatable bonds is 9. The molecule has 108 valence electrons. The molecule has 8 nitrogen and oxygen atoms in total. The lowest BCUT2D eigenvalue weighted by atomic mass is 10.3. The van der Waals surface area contributed by atoms with Gasteiger partial charge in [-0.3, -0.25) is 0 Å². The Morgan fingerprint density at radius 3 is 3.05 bits per heavy atom. The average molecular weight is 272 g/mol. The molecule has 1 atom stereocenters. The molecule has 8 heteroatoms. The van der Waals surface area contributed by atoms with Crippen molar-refractivity contribution in [3.8, 4) is 0 Å². The molecule has 0 bridgehead atoms. The van der Waals surface area contributed by atoms with Crippen molar-refractivity contribution in [2.24, 2.45) is 0 Å². The smallest absolute Gasteiger partial charge is 0.342 e. The van der Waals surface area contributed by atoms with Gasteiger partial charge in [0.15, 0.2) is 5.82 Å². The van der Waals surface area contributed by atoms with E-state index >= 15 is 0 Å². The summed E-state index contributed by atoms with van der Waals surface area (Å²) >= 11 is 0. The van der Waals surface area contributed by atoms with Gasteiger partial charge in [0.25, 0.3) is 0 Å². The van der Waals surface area contributed by atoms with Crippen molar-refractivity contribution in [1.82, 2.24) is 14.9 Å². The zero-order chi connectivity index (χ0) is 14.3. The van der Waals surface area contributed by atoms with Crippen molar-refractivity contribution in [2.45, 2.75) is 26.5 Å². The third-order valence-corrected chi connectivity index (χ3v) is 2.62. The van der Waals surface area contributed by atoms with Gasteiger partial charge in [0.1, 0.15) is 18.8 Å². The molecule has 0 saturated carbocycles. The summed E-state index contributed by atoms with van der Waals surface area (Å²) in [6.45, 7) is 5.94.